The van der Waals surface area contributed by atoms with Crippen LogP contribution in [0.2, 0.25) is 0 Å². The van der Waals surface area contributed by atoms with Gasteiger partial charge in [-0.3, -0.25) is 0 Å². The molecule has 0 bridgehead atoms. The van der Waals surface area contributed by atoms with Gasteiger partial charge in [0.15, 0.2) is 0 Å². The molecule has 0 spiro atoms. The van der Waals surface area contributed by atoms with Gasteiger partial charge in [0.05, 0.1) is 0 Å². The molecule has 0 heteroatoms. The molecular formula is C26H45. The highest BCUT2D eigenvalue weighted by molar-refractivity contribution is 5.57. The van der Waals surface area contributed by atoms with Crippen LogP contribution in [0.4, 0.5) is 0 Å². The van der Waals surface area contributed by atoms with Gasteiger partial charge < -0.3 is 0 Å². The van der Waals surface area contributed by atoms with Crippen molar-refractivity contribution in [1.29, 1.82) is 0 Å². The Balaban J connectivity index is 4.41. The summed E-state index contributed by atoms with van der Waals surface area (Å²) in [5.41, 5.74) is 7.74. The van der Waals surface area contributed by atoms with Crippen LogP contribution in [0.15, 0.2) is 0 Å². The lowest BCUT2D eigenvalue weighted by Crippen LogP contribution is -2.35. The lowest BCUT2D eigenvalue weighted by Gasteiger charge is -2.43. The Morgan fingerprint density at radius 3 is 0.731 bits per heavy atom. The molecule has 1 aromatic carbocycles. The minimum atomic E-state index is 0.0685. The van der Waals surface area contributed by atoms with Gasteiger partial charge in [-0.1, -0.05) is 104 Å². The molecule has 0 aromatic heterocycles. The standard InChI is InChI=1S/C26H45/c1-22(2,3)17-16-18(23(4,5)6)20(25(10,11)12)21(26(13,14)15)19(17)24(7,8)9/h1-15H3. The predicted molar refractivity (Wildman–Crippen MR) is 119 cm³/mol. The van der Waals surface area contributed by atoms with Crippen LogP contribution in [-0.2, 0) is 27.1 Å². The fraction of sp³-hybridized carbons (Fsp3) is 0.769. The second kappa shape index (κ2) is 6.39. The average molecular weight is 358 g/mol. The molecule has 1 radical (unpaired) electrons. The van der Waals surface area contributed by atoms with E-state index in [4.69, 9.17) is 0 Å². The van der Waals surface area contributed by atoms with Crippen molar-refractivity contribution >= 4 is 0 Å². The van der Waals surface area contributed by atoms with Crippen molar-refractivity contribution in [2.75, 3.05) is 0 Å². The first kappa shape index (κ1) is 23.3. The van der Waals surface area contributed by atoms with Crippen LogP contribution in [0.1, 0.15) is 132 Å². The Hall–Kier alpha value is -0.780. The summed E-state index contributed by atoms with van der Waals surface area (Å²) in [6.07, 6.45) is 0. The molecule has 149 valence electrons. The Kier molecular flexibility index (Phi) is 5.71. The molecule has 0 aliphatic rings. The van der Waals surface area contributed by atoms with Crippen molar-refractivity contribution in [2.45, 2.75) is 131 Å². The quantitative estimate of drug-likeness (QED) is 0.441. The summed E-state index contributed by atoms with van der Waals surface area (Å²) in [5, 5.41) is 0. The van der Waals surface area contributed by atoms with Crippen molar-refractivity contribution in [3.05, 3.63) is 33.9 Å². The predicted octanol–water partition coefficient (Wildman–Crippen LogP) is 7.97. The minimum absolute atomic E-state index is 0.0685. The number of rotatable bonds is 0. The molecule has 0 unspecified atom stereocenters. The largest absolute Gasteiger partial charge is 0.0561 e. The summed E-state index contributed by atoms with van der Waals surface area (Å²) in [6, 6.07) is 3.99. The first-order valence-corrected chi connectivity index (χ1v) is 10.2. The third kappa shape index (κ3) is 4.73. The van der Waals surface area contributed by atoms with E-state index in [0.717, 1.165) is 0 Å². The van der Waals surface area contributed by atoms with Gasteiger partial charge in [0.2, 0.25) is 0 Å². The first-order chi connectivity index (χ1) is 11.1. The van der Waals surface area contributed by atoms with Crippen molar-refractivity contribution in [1.82, 2.24) is 0 Å². The zero-order valence-corrected chi connectivity index (χ0v) is 20.5. The minimum Gasteiger partial charge on any atom is -0.0561 e. The van der Waals surface area contributed by atoms with Crippen LogP contribution < -0.4 is 0 Å². The molecule has 1 rings (SSSR count). The Morgan fingerprint density at radius 2 is 0.577 bits per heavy atom. The lowest BCUT2D eigenvalue weighted by molar-refractivity contribution is 0.459. The van der Waals surface area contributed by atoms with Crippen molar-refractivity contribution < 1.29 is 0 Å². The van der Waals surface area contributed by atoms with Crippen LogP contribution in [0.25, 0.3) is 0 Å². The summed E-state index contributed by atoms with van der Waals surface area (Å²) in [6.45, 7) is 35.4. The average Bonchev–Trinajstić information content (AvgIpc) is 2.30. The van der Waals surface area contributed by atoms with E-state index in [2.05, 4.69) is 110 Å². The lowest BCUT2D eigenvalue weighted by atomic mass is 9.61. The molecule has 0 saturated heterocycles. The van der Waals surface area contributed by atoms with E-state index in [-0.39, 0.29) is 27.1 Å². The van der Waals surface area contributed by atoms with Crippen molar-refractivity contribution in [3.8, 4) is 0 Å². The van der Waals surface area contributed by atoms with E-state index in [0.29, 0.717) is 0 Å². The van der Waals surface area contributed by atoms with Crippen LogP contribution in [0, 0.1) is 6.07 Å². The van der Waals surface area contributed by atoms with Crippen LogP contribution >= 0.6 is 0 Å². The molecule has 0 nitrogen and oxygen atoms in total. The Bertz CT molecular complexity index is 601. The maximum Gasteiger partial charge on any atom is -0.00968 e. The van der Waals surface area contributed by atoms with Crippen LogP contribution in [0.5, 0.6) is 0 Å². The fourth-order valence-electron chi connectivity index (χ4n) is 4.00. The molecule has 1 aromatic rings. The van der Waals surface area contributed by atoms with Gasteiger partial charge in [-0.25, -0.2) is 0 Å². The van der Waals surface area contributed by atoms with Gasteiger partial charge in [0.1, 0.15) is 0 Å². The fourth-order valence-corrected chi connectivity index (χ4v) is 4.00. The highest BCUT2D eigenvalue weighted by Crippen LogP contribution is 2.48. The van der Waals surface area contributed by atoms with Crippen molar-refractivity contribution in [3.63, 3.8) is 0 Å². The summed E-state index contributed by atoms with van der Waals surface area (Å²) >= 11 is 0. The third-order valence-corrected chi connectivity index (χ3v) is 5.00. The zero-order valence-electron chi connectivity index (χ0n) is 20.5. The Morgan fingerprint density at radius 1 is 0.346 bits per heavy atom. The van der Waals surface area contributed by atoms with Gasteiger partial charge >= 0.3 is 0 Å². The van der Waals surface area contributed by atoms with Crippen LogP contribution in [0.3, 0.4) is 0 Å². The maximum atomic E-state index is 3.99. The number of hydrogen-bond acceptors (Lipinski definition) is 0. The molecule has 0 heterocycles. The summed E-state index contributed by atoms with van der Waals surface area (Å²) in [4.78, 5) is 0. The molecule has 0 fully saturated rings. The first-order valence-electron chi connectivity index (χ1n) is 10.2. The van der Waals surface area contributed by atoms with E-state index in [1.54, 1.807) is 5.56 Å². The second-order valence-corrected chi connectivity index (χ2v) is 13.2. The summed E-state index contributed by atoms with van der Waals surface area (Å²) in [7, 11) is 0. The van der Waals surface area contributed by atoms with E-state index >= 15 is 0 Å². The molecule has 0 saturated carbocycles. The monoisotopic (exact) mass is 357 g/mol. The van der Waals surface area contributed by atoms with E-state index in [1.807, 2.05) is 0 Å². The number of benzene rings is 1. The second-order valence-electron chi connectivity index (χ2n) is 13.2. The molecule has 0 N–H and O–H groups in total. The Labute approximate surface area is 165 Å². The molecule has 0 aliphatic heterocycles. The topological polar surface area (TPSA) is 0 Å². The van der Waals surface area contributed by atoms with Gasteiger partial charge in [-0.2, -0.15) is 0 Å². The SMILES string of the molecule is CC(C)(C)c1[c]c(C(C)(C)C)c(C(C)(C)C)c(C(C)(C)C)c1C(C)(C)C. The highest BCUT2D eigenvalue weighted by atomic mass is 14.4. The smallest absolute Gasteiger partial charge is 0.00968 e. The maximum absolute atomic E-state index is 3.99. The van der Waals surface area contributed by atoms with Gasteiger partial charge in [-0.05, 0) is 61.0 Å². The zero-order chi connectivity index (χ0) is 21.1. The van der Waals surface area contributed by atoms with E-state index in [9.17, 15) is 0 Å². The molecule has 0 atom stereocenters. The van der Waals surface area contributed by atoms with Gasteiger partial charge in [0, 0.05) is 0 Å². The normalized spacial score (nSPS) is 14.7. The van der Waals surface area contributed by atoms with Crippen LogP contribution in [-0.4, -0.2) is 0 Å². The van der Waals surface area contributed by atoms with Gasteiger partial charge in [0.25, 0.3) is 0 Å². The van der Waals surface area contributed by atoms with E-state index in [1.165, 1.54) is 22.3 Å². The summed E-state index contributed by atoms with van der Waals surface area (Å²) in [5.74, 6) is 0. The third-order valence-electron chi connectivity index (χ3n) is 5.00. The molecular weight excluding hydrogens is 312 g/mol. The molecule has 26 heavy (non-hydrogen) atoms. The number of hydrogen-bond donors (Lipinski definition) is 0. The molecule has 0 amide bonds. The summed E-state index contributed by atoms with van der Waals surface area (Å²) < 4.78 is 0. The van der Waals surface area contributed by atoms with E-state index < -0.39 is 0 Å². The van der Waals surface area contributed by atoms with Crippen molar-refractivity contribution in [2.24, 2.45) is 0 Å². The highest BCUT2D eigenvalue weighted by Gasteiger charge is 2.39. The molecule has 0 aliphatic carbocycles. The van der Waals surface area contributed by atoms with Gasteiger partial charge in [-0.15, -0.1) is 0 Å².